The number of anilines is 2. The molecule has 4 aromatic heterocycles. The molecule has 10 heteroatoms. The molecule has 5 heterocycles. The van der Waals surface area contributed by atoms with E-state index in [1.165, 1.54) is 12.4 Å². The highest BCUT2D eigenvalue weighted by molar-refractivity contribution is 7.09. The first kappa shape index (κ1) is 20.4. The van der Waals surface area contributed by atoms with Crippen LogP contribution in [-0.4, -0.2) is 31.5 Å². The standard InChI is InChI=1S/C22H19F2N7S/c1-13-6-15(2-4-25-13)20-16(23)7-14(8-26-20)9-27-21-19(24)22(29-11-28-21)31-5-3-17-18(10-31)32-12-30-17/h2,4,6-8,11-12H,3,5,9-10H2,1H3,(H,27,28,29). The van der Waals surface area contributed by atoms with Crippen LogP contribution in [0.5, 0.6) is 0 Å². The van der Waals surface area contributed by atoms with Crippen LogP contribution < -0.4 is 10.2 Å². The Kier molecular flexibility index (Phi) is 5.44. The van der Waals surface area contributed by atoms with Gasteiger partial charge in [0, 0.05) is 48.0 Å². The van der Waals surface area contributed by atoms with E-state index in [9.17, 15) is 4.39 Å². The Morgan fingerprint density at radius 1 is 1.12 bits per heavy atom. The number of hydrogen-bond acceptors (Lipinski definition) is 8. The van der Waals surface area contributed by atoms with E-state index in [-0.39, 0.29) is 23.9 Å². The zero-order valence-electron chi connectivity index (χ0n) is 17.2. The van der Waals surface area contributed by atoms with Gasteiger partial charge >= 0.3 is 0 Å². The SMILES string of the molecule is Cc1cc(-c2ncc(CNc3ncnc(N4CCc5ncsc5C4)c3F)cc2F)ccn1. The molecular weight excluding hydrogens is 432 g/mol. The molecule has 5 rings (SSSR count). The summed E-state index contributed by atoms with van der Waals surface area (Å²) < 4.78 is 29.8. The molecule has 1 aliphatic heterocycles. The van der Waals surface area contributed by atoms with Gasteiger partial charge in [-0.3, -0.25) is 9.97 Å². The van der Waals surface area contributed by atoms with Gasteiger partial charge < -0.3 is 10.2 Å². The number of pyridine rings is 2. The lowest BCUT2D eigenvalue weighted by Gasteiger charge is -2.27. The van der Waals surface area contributed by atoms with E-state index in [1.807, 2.05) is 17.3 Å². The molecule has 0 aliphatic carbocycles. The Bertz CT molecular complexity index is 1280. The van der Waals surface area contributed by atoms with Gasteiger partial charge in [0.15, 0.2) is 11.6 Å². The van der Waals surface area contributed by atoms with E-state index >= 15 is 4.39 Å². The summed E-state index contributed by atoms with van der Waals surface area (Å²) in [4.78, 5) is 23.9. The number of nitrogens with zero attached hydrogens (tertiary/aromatic N) is 6. The number of thiazole rings is 1. The fourth-order valence-electron chi connectivity index (χ4n) is 3.67. The van der Waals surface area contributed by atoms with Crippen LogP contribution >= 0.6 is 11.3 Å². The lowest BCUT2D eigenvalue weighted by atomic mass is 10.1. The van der Waals surface area contributed by atoms with Crippen molar-refractivity contribution in [2.24, 2.45) is 0 Å². The minimum atomic E-state index is -0.530. The van der Waals surface area contributed by atoms with Crippen molar-refractivity contribution in [2.45, 2.75) is 26.4 Å². The number of halogens is 2. The zero-order valence-corrected chi connectivity index (χ0v) is 18.0. The summed E-state index contributed by atoms with van der Waals surface area (Å²) in [6.45, 7) is 3.21. The van der Waals surface area contributed by atoms with Crippen molar-refractivity contribution in [3.8, 4) is 11.3 Å². The van der Waals surface area contributed by atoms with Gasteiger partial charge in [0.25, 0.3) is 0 Å². The molecule has 1 N–H and O–H groups in total. The van der Waals surface area contributed by atoms with Gasteiger partial charge in [-0.25, -0.2) is 19.3 Å². The number of nitrogens with one attached hydrogen (secondary N) is 1. The predicted octanol–water partition coefficient (Wildman–Crippen LogP) is 4.15. The summed E-state index contributed by atoms with van der Waals surface area (Å²) in [6.07, 6.45) is 5.27. The smallest absolute Gasteiger partial charge is 0.207 e. The van der Waals surface area contributed by atoms with Gasteiger partial charge in [-0.1, -0.05) is 0 Å². The van der Waals surface area contributed by atoms with E-state index in [2.05, 4.69) is 30.2 Å². The molecule has 0 bridgehead atoms. The van der Waals surface area contributed by atoms with E-state index in [1.54, 1.807) is 35.9 Å². The van der Waals surface area contributed by atoms with Crippen molar-refractivity contribution in [3.63, 3.8) is 0 Å². The maximum atomic E-state index is 15.1. The molecule has 0 unspecified atom stereocenters. The zero-order chi connectivity index (χ0) is 22.1. The molecular formula is C22H19F2N7S. The van der Waals surface area contributed by atoms with E-state index in [0.29, 0.717) is 24.2 Å². The Morgan fingerprint density at radius 2 is 2.03 bits per heavy atom. The average Bonchev–Trinajstić information content (AvgIpc) is 3.26. The highest BCUT2D eigenvalue weighted by Gasteiger charge is 2.23. The summed E-state index contributed by atoms with van der Waals surface area (Å²) in [5.74, 6) is -0.668. The Morgan fingerprint density at radius 3 is 2.88 bits per heavy atom. The van der Waals surface area contributed by atoms with Crippen LogP contribution in [0.2, 0.25) is 0 Å². The minimum Gasteiger partial charge on any atom is -0.363 e. The molecule has 0 saturated heterocycles. The van der Waals surface area contributed by atoms with Crippen LogP contribution in [0.4, 0.5) is 20.4 Å². The van der Waals surface area contributed by atoms with E-state index in [4.69, 9.17) is 0 Å². The van der Waals surface area contributed by atoms with Crippen molar-refractivity contribution in [3.05, 3.63) is 75.9 Å². The Balaban J connectivity index is 1.31. The third-order valence-electron chi connectivity index (χ3n) is 5.28. The monoisotopic (exact) mass is 451 g/mol. The van der Waals surface area contributed by atoms with E-state index < -0.39 is 11.6 Å². The summed E-state index contributed by atoms with van der Waals surface area (Å²) in [7, 11) is 0. The summed E-state index contributed by atoms with van der Waals surface area (Å²) in [5, 5.41) is 2.94. The number of aromatic nitrogens is 5. The average molecular weight is 452 g/mol. The molecule has 0 amide bonds. The second-order valence-electron chi connectivity index (χ2n) is 7.47. The van der Waals surface area contributed by atoms with Crippen LogP contribution in [-0.2, 0) is 19.5 Å². The third-order valence-corrected chi connectivity index (χ3v) is 6.14. The number of fused-ring (bicyclic) bond motifs is 1. The molecule has 0 saturated carbocycles. The van der Waals surface area contributed by atoms with Crippen LogP contribution in [0.3, 0.4) is 0 Å². The number of aryl methyl sites for hydroxylation is 1. The molecule has 7 nitrogen and oxygen atoms in total. The quantitative estimate of drug-likeness (QED) is 0.488. The van der Waals surface area contributed by atoms with Crippen molar-refractivity contribution < 1.29 is 8.78 Å². The Labute approximate surface area is 187 Å². The fourth-order valence-corrected chi connectivity index (χ4v) is 4.50. The van der Waals surface area contributed by atoms with Crippen LogP contribution in [0, 0.1) is 18.6 Å². The van der Waals surface area contributed by atoms with Gasteiger partial charge in [-0.05, 0) is 30.7 Å². The molecule has 162 valence electrons. The molecule has 0 atom stereocenters. The first-order valence-corrected chi connectivity index (χ1v) is 10.9. The van der Waals surface area contributed by atoms with Crippen molar-refractivity contribution >= 4 is 23.0 Å². The number of hydrogen-bond donors (Lipinski definition) is 1. The minimum absolute atomic E-state index is 0.0688. The lowest BCUT2D eigenvalue weighted by molar-refractivity contribution is 0.596. The molecule has 0 aromatic carbocycles. The molecule has 0 spiro atoms. The van der Waals surface area contributed by atoms with Gasteiger partial charge in [-0.2, -0.15) is 4.39 Å². The lowest BCUT2D eigenvalue weighted by Crippen LogP contribution is -2.31. The predicted molar refractivity (Wildman–Crippen MR) is 118 cm³/mol. The summed E-state index contributed by atoms with van der Waals surface area (Å²) in [5.41, 5.74) is 5.15. The van der Waals surface area contributed by atoms with Gasteiger partial charge in [-0.15, -0.1) is 11.3 Å². The van der Waals surface area contributed by atoms with Crippen molar-refractivity contribution in [1.82, 2.24) is 24.9 Å². The fraction of sp³-hybridized carbons (Fsp3) is 0.227. The van der Waals surface area contributed by atoms with Crippen LogP contribution in [0.1, 0.15) is 21.8 Å². The second-order valence-corrected chi connectivity index (χ2v) is 8.41. The van der Waals surface area contributed by atoms with Gasteiger partial charge in [0.1, 0.15) is 17.8 Å². The topological polar surface area (TPSA) is 79.7 Å². The highest BCUT2D eigenvalue weighted by atomic mass is 32.1. The Hall–Kier alpha value is -3.53. The molecule has 32 heavy (non-hydrogen) atoms. The van der Waals surface area contributed by atoms with Crippen molar-refractivity contribution in [2.75, 3.05) is 16.8 Å². The number of rotatable bonds is 5. The van der Waals surface area contributed by atoms with Crippen LogP contribution in [0.25, 0.3) is 11.3 Å². The molecule has 4 aromatic rings. The molecule has 0 radical (unpaired) electrons. The third kappa shape index (κ3) is 4.01. The summed E-state index contributed by atoms with van der Waals surface area (Å²) >= 11 is 1.56. The highest BCUT2D eigenvalue weighted by Crippen LogP contribution is 2.29. The molecule has 1 aliphatic rings. The molecule has 0 fully saturated rings. The van der Waals surface area contributed by atoms with Crippen molar-refractivity contribution in [1.29, 1.82) is 0 Å². The maximum Gasteiger partial charge on any atom is 0.207 e. The first-order chi connectivity index (χ1) is 15.6. The van der Waals surface area contributed by atoms with E-state index in [0.717, 1.165) is 22.7 Å². The maximum absolute atomic E-state index is 15.1. The van der Waals surface area contributed by atoms with Crippen LogP contribution in [0.15, 0.2) is 42.4 Å². The van der Waals surface area contributed by atoms with Gasteiger partial charge in [0.2, 0.25) is 5.82 Å². The largest absolute Gasteiger partial charge is 0.363 e. The van der Waals surface area contributed by atoms with Gasteiger partial charge in [0.05, 0.1) is 17.7 Å². The normalized spacial score (nSPS) is 13.2. The summed E-state index contributed by atoms with van der Waals surface area (Å²) in [6, 6.07) is 4.88. The first-order valence-electron chi connectivity index (χ1n) is 10.1. The second kappa shape index (κ2) is 8.54.